The van der Waals surface area contributed by atoms with E-state index in [0.29, 0.717) is 6.54 Å². The van der Waals surface area contributed by atoms with E-state index in [0.717, 1.165) is 59.3 Å². The summed E-state index contributed by atoms with van der Waals surface area (Å²) in [6, 6.07) is 9.83. The van der Waals surface area contributed by atoms with Crippen LogP contribution in [0.4, 0.5) is 10.9 Å². The lowest BCUT2D eigenvalue weighted by Gasteiger charge is -2.31. The minimum absolute atomic E-state index is 0.0645. The Kier molecular flexibility index (Phi) is 4.56. The zero-order chi connectivity index (χ0) is 18.9. The molecule has 3 aromatic rings. The monoisotopic (exact) mass is 394 g/mol. The van der Waals surface area contributed by atoms with Crippen molar-refractivity contribution in [1.29, 1.82) is 0 Å². The summed E-state index contributed by atoms with van der Waals surface area (Å²) in [7, 11) is 0. The fourth-order valence-corrected chi connectivity index (χ4v) is 4.89. The molecule has 2 saturated heterocycles. The van der Waals surface area contributed by atoms with Gasteiger partial charge >= 0.3 is 0 Å². The van der Waals surface area contributed by atoms with Crippen LogP contribution in [0.5, 0.6) is 0 Å². The van der Waals surface area contributed by atoms with Gasteiger partial charge in [0.2, 0.25) is 5.91 Å². The quantitative estimate of drug-likeness (QED) is 0.717. The van der Waals surface area contributed by atoms with Crippen molar-refractivity contribution in [3.8, 4) is 0 Å². The maximum atomic E-state index is 12.8. The Morgan fingerprint density at radius 2 is 2.00 bits per heavy atom. The van der Waals surface area contributed by atoms with E-state index in [2.05, 4.69) is 25.1 Å². The fourth-order valence-electron chi connectivity index (χ4n) is 3.78. The van der Waals surface area contributed by atoms with Gasteiger partial charge in [-0.15, -0.1) is 0 Å². The van der Waals surface area contributed by atoms with Gasteiger partial charge in [0.05, 0.1) is 0 Å². The topological polar surface area (TPSA) is 74.2 Å². The summed E-state index contributed by atoms with van der Waals surface area (Å²) in [6.07, 6.45) is 4.63. The average Bonchev–Trinajstić information content (AvgIpc) is 3.32. The maximum Gasteiger partial charge on any atom is 0.243 e. The van der Waals surface area contributed by atoms with E-state index in [9.17, 15) is 4.79 Å². The fraction of sp³-hybridized carbons (Fsp3) is 0.400. The largest absolute Gasteiger partial charge is 0.355 e. The van der Waals surface area contributed by atoms with E-state index in [1.54, 1.807) is 17.7 Å². The number of rotatable bonds is 5. The van der Waals surface area contributed by atoms with Crippen LogP contribution in [0.3, 0.4) is 0 Å². The third-order valence-corrected chi connectivity index (χ3v) is 6.51. The average molecular weight is 395 g/mol. The van der Waals surface area contributed by atoms with Gasteiger partial charge in [0.15, 0.2) is 16.6 Å². The van der Waals surface area contributed by atoms with Gasteiger partial charge in [-0.05, 0) is 24.8 Å². The number of amides is 1. The maximum absolute atomic E-state index is 12.8. The number of carbonyl (C=O) groups is 1. The molecule has 8 heteroatoms. The number of fused-ring (bicyclic) bond motifs is 1. The molecule has 2 aromatic heterocycles. The van der Waals surface area contributed by atoms with Gasteiger partial charge in [0.1, 0.15) is 17.1 Å². The SMILES string of the molecule is O=C(NCc1ccccc1)C1CCCN1c1nc2ncnc(N3CCC3)c2s1. The predicted molar refractivity (Wildman–Crippen MR) is 111 cm³/mol. The summed E-state index contributed by atoms with van der Waals surface area (Å²) >= 11 is 1.60. The molecule has 28 heavy (non-hydrogen) atoms. The summed E-state index contributed by atoms with van der Waals surface area (Å²) in [4.78, 5) is 30.8. The van der Waals surface area contributed by atoms with Crippen molar-refractivity contribution in [3.63, 3.8) is 0 Å². The van der Waals surface area contributed by atoms with Crippen LogP contribution in [0.1, 0.15) is 24.8 Å². The highest BCUT2D eigenvalue weighted by atomic mass is 32.1. The molecule has 7 nitrogen and oxygen atoms in total. The Morgan fingerprint density at radius 1 is 1.14 bits per heavy atom. The lowest BCUT2D eigenvalue weighted by Crippen LogP contribution is -2.43. The van der Waals surface area contributed by atoms with Gasteiger partial charge in [0, 0.05) is 26.2 Å². The van der Waals surface area contributed by atoms with Crippen molar-refractivity contribution < 1.29 is 4.79 Å². The van der Waals surface area contributed by atoms with Crippen molar-refractivity contribution in [2.45, 2.75) is 31.8 Å². The molecule has 1 amide bonds. The first kappa shape index (κ1) is 17.4. The van der Waals surface area contributed by atoms with Gasteiger partial charge in [-0.1, -0.05) is 41.7 Å². The molecule has 4 heterocycles. The number of hydrogen-bond donors (Lipinski definition) is 1. The molecule has 1 aromatic carbocycles. The molecule has 5 rings (SSSR count). The molecule has 0 saturated carbocycles. The summed E-state index contributed by atoms with van der Waals surface area (Å²) in [5.74, 6) is 1.04. The summed E-state index contributed by atoms with van der Waals surface area (Å²) in [5, 5.41) is 3.95. The lowest BCUT2D eigenvalue weighted by molar-refractivity contribution is -0.122. The Morgan fingerprint density at radius 3 is 2.79 bits per heavy atom. The number of benzene rings is 1. The highest BCUT2D eigenvalue weighted by Gasteiger charge is 2.33. The van der Waals surface area contributed by atoms with Crippen molar-refractivity contribution in [2.75, 3.05) is 29.4 Å². The molecule has 1 N–H and O–H groups in total. The molecule has 144 valence electrons. The van der Waals surface area contributed by atoms with Gasteiger partial charge in [-0.2, -0.15) is 4.98 Å². The number of anilines is 2. The summed E-state index contributed by atoms with van der Waals surface area (Å²) < 4.78 is 1.02. The van der Waals surface area contributed by atoms with Crippen LogP contribution < -0.4 is 15.1 Å². The second-order valence-corrected chi connectivity index (χ2v) is 8.22. The van der Waals surface area contributed by atoms with Crippen LogP contribution in [0.2, 0.25) is 0 Å². The number of hydrogen-bond acceptors (Lipinski definition) is 7. The van der Waals surface area contributed by atoms with Crippen LogP contribution in [0, 0.1) is 0 Å². The minimum Gasteiger partial charge on any atom is -0.355 e. The number of nitrogens with one attached hydrogen (secondary N) is 1. The molecule has 0 radical (unpaired) electrons. The second kappa shape index (κ2) is 7.35. The first-order valence-electron chi connectivity index (χ1n) is 9.74. The van der Waals surface area contributed by atoms with E-state index < -0.39 is 0 Å². The molecule has 1 unspecified atom stereocenters. The second-order valence-electron chi connectivity index (χ2n) is 7.24. The van der Waals surface area contributed by atoms with Crippen LogP contribution in [0.15, 0.2) is 36.7 Å². The van der Waals surface area contributed by atoms with Gasteiger partial charge in [0.25, 0.3) is 0 Å². The van der Waals surface area contributed by atoms with E-state index >= 15 is 0 Å². The van der Waals surface area contributed by atoms with Crippen molar-refractivity contribution in [2.24, 2.45) is 0 Å². The molecule has 1 atom stereocenters. The van der Waals surface area contributed by atoms with Crippen LogP contribution in [0.25, 0.3) is 10.3 Å². The molecule has 0 aliphatic carbocycles. The van der Waals surface area contributed by atoms with Crippen LogP contribution in [-0.4, -0.2) is 46.5 Å². The van der Waals surface area contributed by atoms with Gasteiger partial charge < -0.3 is 15.1 Å². The van der Waals surface area contributed by atoms with Crippen LogP contribution >= 0.6 is 11.3 Å². The van der Waals surface area contributed by atoms with Crippen molar-refractivity contribution in [1.82, 2.24) is 20.3 Å². The molecule has 2 aliphatic heterocycles. The van der Waals surface area contributed by atoms with Crippen molar-refractivity contribution >= 4 is 38.5 Å². The van der Waals surface area contributed by atoms with E-state index in [-0.39, 0.29) is 11.9 Å². The standard InChI is InChI=1S/C20H22N6OS/c27-19(21-12-14-6-2-1-3-7-14)15-8-4-11-26(15)20-24-17-16(28-20)18(23-13-22-17)25-9-5-10-25/h1-3,6-7,13,15H,4-5,8-12H2,(H,21,27). The number of thiazole rings is 1. The minimum atomic E-state index is -0.176. The molecule has 2 aliphatic rings. The van der Waals surface area contributed by atoms with Gasteiger partial charge in [-0.3, -0.25) is 4.79 Å². The smallest absolute Gasteiger partial charge is 0.243 e. The first-order valence-corrected chi connectivity index (χ1v) is 10.6. The van der Waals surface area contributed by atoms with E-state index in [4.69, 9.17) is 4.98 Å². The highest BCUT2D eigenvalue weighted by molar-refractivity contribution is 7.22. The summed E-state index contributed by atoms with van der Waals surface area (Å²) in [5.41, 5.74) is 1.84. The Labute approximate surface area is 167 Å². The normalized spacial score (nSPS) is 19.1. The number of nitrogens with zero attached hydrogens (tertiary/aromatic N) is 5. The van der Waals surface area contributed by atoms with E-state index in [1.165, 1.54) is 6.42 Å². The predicted octanol–water partition coefficient (Wildman–Crippen LogP) is 2.58. The highest BCUT2D eigenvalue weighted by Crippen LogP contribution is 2.37. The Balaban J connectivity index is 1.35. The zero-order valence-corrected chi connectivity index (χ0v) is 16.4. The third-order valence-electron chi connectivity index (χ3n) is 5.43. The number of aromatic nitrogens is 3. The molecule has 0 bridgehead atoms. The summed E-state index contributed by atoms with van der Waals surface area (Å²) in [6.45, 7) is 3.46. The zero-order valence-electron chi connectivity index (χ0n) is 15.5. The Bertz CT molecular complexity index is 987. The third kappa shape index (κ3) is 3.17. The van der Waals surface area contributed by atoms with E-state index in [1.807, 2.05) is 30.3 Å². The van der Waals surface area contributed by atoms with Gasteiger partial charge in [-0.25, -0.2) is 9.97 Å². The molecule has 2 fully saturated rings. The first-order chi connectivity index (χ1) is 13.8. The molecular formula is C20H22N6OS. The molecule has 0 spiro atoms. The number of carbonyl (C=O) groups excluding carboxylic acids is 1. The lowest BCUT2D eigenvalue weighted by atomic mass is 10.2. The van der Waals surface area contributed by atoms with Crippen molar-refractivity contribution in [3.05, 3.63) is 42.2 Å². The Hall–Kier alpha value is -2.74. The van der Waals surface area contributed by atoms with Crippen LogP contribution in [-0.2, 0) is 11.3 Å². The molecular weight excluding hydrogens is 372 g/mol.